The molecule has 1 N–H and O–H groups in total. The number of anilines is 2. The van der Waals surface area contributed by atoms with E-state index < -0.39 is 11.5 Å². The molecule has 30 heavy (non-hydrogen) atoms. The van der Waals surface area contributed by atoms with Crippen LogP contribution in [0.2, 0.25) is 0 Å². The third-order valence-electron chi connectivity index (χ3n) is 5.90. The molecule has 0 radical (unpaired) electrons. The first kappa shape index (κ1) is 20.5. The Balaban J connectivity index is 1.54. The quantitative estimate of drug-likeness (QED) is 0.806. The summed E-state index contributed by atoms with van der Waals surface area (Å²) in [6.07, 6.45) is 3.97. The smallest absolute Gasteiger partial charge is 0.349 e. The number of nitrogens with zero attached hydrogens (tertiary/aromatic N) is 1. The van der Waals surface area contributed by atoms with Gasteiger partial charge in [0.2, 0.25) is 0 Å². The minimum atomic E-state index is -0.602. The number of ether oxygens (including phenoxy) is 2. The number of aryl methyl sites for hydroxylation is 1. The molecular formula is C23H28N2O5. The van der Waals surface area contributed by atoms with E-state index in [2.05, 4.69) is 10.2 Å². The van der Waals surface area contributed by atoms with Gasteiger partial charge >= 0.3 is 5.63 Å². The van der Waals surface area contributed by atoms with Gasteiger partial charge in [-0.2, -0.15) is 0 Å². The largest absolute Gasteiger partial charge is 0.495 e. The standard InChI is InChI=1S/C23H28N2O5/c1-15-13-19(16-7-11-29-12-8-16)30-23(27)21(15)22(26)24-17-5-6-18(20(14-17)28-2)25-9-3-4-10-25/h5-6,13-14,16H,3-4,7-12H2,1-2H3,(H,24,26). The average molecular weight is 412 g/mol. The van der Waals surface area contributed by atoms with Gasteiger partial charge in [-0.1, -0.05) is 0 Å². The summed E-state index contributed by atoms with van der Waals surface area (Å²) in [4.78, 5) is 27.7. The van der Waals surface area contributed by atoms with Crippen LogP contribution in [-0.4, -0.2) is 39.3 Å². The van der Waals surface area contributed by atoms with Crippen LogP contribution in [0.1, 0.15) is 53.3 Å². The van der Waals surface area contributed by atoms with E-state index in [1.54, 1.807) is 20.1 Å². The van der Waals surface area contributed by atoms with E-state index in [0.717, 1.165) is 31.6 Å². The first-order valence-corrected chi connectivity index (χ1v) is 10.5. The van der Waals surface area contributed by atoms with Crippen LogP contribution in [0.15, 0.2) is 33.5 Å². The van der Waals surface area contributed by atoms with Crippen molar-refractivity contribution in [1.29, 1.82) is 0 Å². The van der Waals surface area contributed by atoms with Gasteiger partial charge in [0.25, 0.3) is 5.91 Å². The molecule has 2 saturated heterocycles. The molecule has 0 unspecified atom stereocenters. The number of nitrogens with one attached hydrogen (secondary N) is 1. The van der Waals surface area contributed by atoms with Crippen molar-refractivity contribution in [3.05, 3.63) is 51.6 Å². The highest BCUT2D eigenvalue weighted by Crippen LogP contribution is 2.33. The molecule has 2 fully saturated rings. The monoisotopic (exact) mass is 412 g/mol. The second-order valence-corrected chi connectivity index (χ2v) is 7.92. The lowest BCUT2D eigenvalue weighted by atomic mass is 9.95. The van der Waals surface area contributed by atoms with E-state index in [9.17, 15) is 9.59 Å². The highest BCUT2D eigenvalue weighted by Gasteiger charge is 2.23. The van der Waals surface area contributed by atoms with Gasteiger partial charge in [-0.05, 0) is 56.4 Å². The molecule has 7 nitrogen and oxygen atoms in total. The van der Waals surface area contributed by atoms with E-state index >= 15 is 0 Å². The minimum Gasteiger partial charge on any atom is -0.495 e. The lowest BCUT2D eigenvalue weighted by Gasteiger charge is -2.22. The molecular weight excluding hydrogens is 384 g/mol. The topological polar surface area (TPSA) is 81.0 Å². The lowest BCUT2D eigenvalue weighted by Crippen LogP contribution is -2.24. The van der Waals surface area contributed by atoms with Gasteiger partial charge in [-0.25, -0.2) is 4.79 Å². The van der Waals surface area contributed by atoms with Crippen LogP contribution in [0.3, 0.4) is 0 Å². The maximum Gasteiger partial charge on any atom is 0.349 e. The van der Waals surface area contributed by atoms with Gasteiger partial charge in [0, 0.05) is 44.0 Å². The summed E-state index contributed by atoms with van der Waals surface area (Å²) in [7, 11) is 1.62. The van der Waals surface area contributed by atoms with Gasteiger partial charge in [-0.15, -0.1) is 0 Å². The average Bonchev–Trinajstić information content (AvgIpc) is 3.28. The molecule has 160 valence electrons. The van der Waals surface area contributed by atoms with E-state index in [0.29, 0.717) is 36.0 Å². The molecule has 7 heteroatoms. The van der Waals surface area contributed by atoms with Gasteiger partial charge in [-0.3, -0.25) is 4.79 Å². The Kier molecular flexibility index (Phi) is 6.08. The Labute approximate surface area is 176 Å². The molecule has 1 aromatic heterocycles. The van der Waals surface area contributed by atoms with Crippen LogP contribution < -0.4 is 20.6 Å². The number of carbonyl (C=O) groups excluding carboxylic acids is 1. The zero-order chi connectivity index (χ0) is 21.1. The molecule has 0 bridgehead atoms. The molecule has 2 aliphatic heterocycles. The summed E-state index contributed by atoms with van der Waals surface area (Å²) >= 11 is 0. The summed E-state index contributed by atoms with van der Waals surface area (Å²) < 4.78 is 16.4. The number of rotatable bonds is 5. The van der Waals surface area contributed by atoms with Gasteiger partial charge in [0.1, 0.15) is 17.1 Å². The summed E-state index contributed by atoms with van der Waals surface area (Å²) in [5, 5.41) is 2.81. The zero-order valence-electron chi connectivity index (χ0n) is 17.5. The number of hydrogen-bond donors (Lipinski definition) is 1. The predicted octanol–water partition coefficient (Wildman–Crippen LogP) is 3.70. The Hall–Kier alpha value is -2.80. The summed E-state index contributed by atoms with van der Waals surface area (Å²) in [6.45, 7) is 5.09. The number of benzene rings is 1. The zero-order valence-corrected chi connectivity index (χ0v) is 17.5. The third-order valence-corrected chi connectivity index (χ3v) is 5.90. The number of hydrogen-bond acceptors (Lipinski definition) is 6. The molecule has 0 atom stereocenters. The first-order valence-electron chi connectivity index (χ1n) is 10.5. The van der Waals surface area contributed by atoms with Crippen molar-refractivity contribution in [2.24, 2.45) is 0 Å². The molecule has 3 heterocycles. The van der Waals surface area contributed by atoms with E-state index in [4.69, 9.17) is 13.9 Å². The molecule has 1 amide bonds. The lowest BCUT2D eigenvalue weighted by molar-refractivity contribution is 0.0796. The van der Waals surface area contributed by atoms with E-state index in [-0.39, 0.29) is 11.5 Å². The molecule has 4 rings (SSSR count). The maximum absolute atomic E-state index is 12.8. The van der Waals surface area contributed by atoms with Crippen LogP contribution in [0.5, 0.6) is 5.75 Å². The Morgan fingerprint density at radius 3 is 2.57 bits per heavy atom. The van der Waals surface area contributed by atoms with Crippen molar-refractivity contribution < 1.29 is 18.7 Å². The second kappa shape index (κ2) is 8.92. The Morgan fingerprint density at radius 2 is 1.90 bits per heavy atom. The van der Waals surface area contributed by atoms with Gasteiger partial charge in [0.05, 0.1) is 12.8 Å². The van der Waals surface area contributed by atoms with Crippen molar-refractivity contribution in [2.75, 3.05) is 43.6 Å². The molecule has 0 aliphatic carbocycles. The van der Waals surface area contributed by atoms with Gasteiger partial charge in [0.15, 0.2) is 0 Å². The van der Waals surface area contributed by atoms with Gasteiger partial charge < -0.3 is 24.1 Å². The fraction of sp³-hybridized carbons (Fsp3) is 0.478. The van der Waals surface area contributed by atoms with E-state index in [1.165, 1.54) is 12.8 Å². The molecule has 1 aromatic carbocycles. The van der Waals surface area contributed by atoms with Crippen LogP contribution in [0.4, 0.5) is 11.4 Å². The SMILES string of the molecule is COc1cc(NC(=O)c2c(C)cc(C3CCOCC3)oc2=O)ccc1N1CCCC1. The van der Waals surface area contributed by atoms with Crippen molar-refractivity contribution >= 4 is 17.3 Å². The van der Waals surface area contributed by atoms with Crippen molar-refractivity contribution in [3.8, 4) is 5.75 Å². The second-order valence-electron chi connectivity index (χ2n) is 7.92. The highest BCUT2D eigenvalue weighted by molar-refractivity contribution is 6.05. The van der Waals surface area contributed by atoms with Crippen molar-refractivity contribution in [1.82, 2.24) is 0 Å². The fourth-order valence-corrected chi connectivity index (χ4v) is 4.26. The van der Waals surface area contributed by atoms with Crippen molar-refractivity contribution in [3.63, 3.8) is 0 Å². The number of amides is 1. The summed E-state index contributed by atoms with van der Waals surface area (Å²) in [6, 6.07) is 7.38. The normalized spacial score (nSPS) is 17.2. The Morgan fingerprint density at radius 1 is 1.17 bits per heavy atom. The van der Waals surface area contributed by atoms with Crippen LogP contribution in [0, 0.1) is 6.92 Å². The molecule has 2 aliphatic rings. The third kappa shape index (κ3) is 4.21. The fourth-order valence-electron chi connectivity index (χ4n) is 4.26. The van der Waals surface area contributed by atoms with E-state index in [1.807, 2.05) is 18.2 Å². The molecule has 0 spiro atoms. The highest BCUT2D eigenvalue weighted by atomic mass is 16.5. The van der Waals surface area contributed by atoms with Crippen molar-refractivity contribution in [2.45, 2.75) is 38.5 Å². The summed E-state index contributed by atoms with van der Waals surface area (Å²) in [5.74, 6) is 1.02. The van der Waals surface area contributed by atoms with Crippen LogP contribution >= 0.6 is 0 Å². The minimum absolute atomic E-state index is 0.0356. The predicted molar refractivity (Wildman–Crippen MR) is 115 cm³/mol. The van der Waals surface area contributed by atoms with Crippen LogP contribution in [0.25, 0.3) is 0 Å². The molecule has 0 saturated carbocycles. The Bertz CT molecular complexity index is 972. The van der Waals surface area contributed by atoms with Crippen LogP contribution in [-0.2, 0) is 4.74 Å². The maximum atomic E-state index is 12.8. The first-order chi connectivity index (χ1) is 14.6. The number of methoxy groups -OCH3 is 1. The number of carbonyl (C=O) groups is 1. The molecule has 2 aromatic rings. The summed E-state index contributed by atoms with van der Waals surface area (Å²) in [5.41, 5.74) is 1.64.